The number of piperazine rings is 1. The van der Waals surface area contributed by atoms with Crippen LogP contribution in [0.5, 0.6) is 17.2 Å². The first-order valence-electron chi connectivity index (χ1n) is 12.5. The molecule has 4 rings (SSSR count). The minimum atomic E-state index is -1.52. The maximum atomic E-state index is 13.1. The first-order valence-corrected chi connectivity index (χ1v) is 12.9. The van der Waals surface area contributed by atoms with E-state index in [0.717, 1.165) is 0 Å². The average molecular weight is 575 g/mol. The number of fused-ring (bicyclic) bond motifs is 1. The lowest BCUT2D eigenvalue weighted by Crippen LogP contribution is -2.56. The number of likely N-dealkylation sites (N-methyl/N-ethyl adjacent to an activating group) is 1. The van der Waals surface area contributed by atoms with Crippen molar-refractivity contribution in [3.63, 3.8) is 0 Å². The van der Waals surface area contributed by atoms with E-state index in [9.17, 15) is 39.5 Å². The quantitative estimate of drug-likeness (QED) is 0.138. The van der Waals surface area contributed by atoms with Gasteiger partial charge in [0.1, 0.15) is 5.75 Å². The number of rotatable bonds is 9. The smallest absolute Gasteiger partial charge is 0.534 e. The molecule has 2 aliphatic rings. The molecule has 0 aromatic heterocycles. The molecule has 3 amide bonds. The summed E-state index contributed by atoms with van der Waals surface area (Å²) >= 11 is 6.04. The van der Waals surface area contributed by atoms with Crippen LogP contribution >= 0.6 is 11.6 Å². The van der Waals surface area contributed by atoms with Gasteiger partial charge < -0.3 is 40.1 Å². The summed E-state index contributed by atoms with van der Waals surface area (Å²) in [4.78, 5) is 52.1. The van der Waals surface area contributed by atoms with Crippen LogP contribution in [0.25, 0.3) is 0 Å². The molecule has 212 valence electrons. The summed E-state index contributed by atoms with van der Waals surface area (Å²) in [5.41, 5.74) is 0.704. The minimum Gasteiger partial charge on any atom is -0.534 e. The fourth-order valence-electron chi connectivity index (χ4n) is 4.67. The van der Waals surface area contributed by atoms with E-state index in [2.05, 4.69) is 10.6 Å². The summed E-state index contributed by atoms with van der Waals surface area (Å²) in [5, 5.41) is 45.4. The molecular weight excluding hydrogens is 547 g/mol. The van der Waals surface area contributed by atoms with Gasteiger partial charge in [-0.25, -0.2) is 4.79 Å². The topological polar surface area (TPSA) is 189 Å². The van der Waals surface area contributed by atoms with Gasteiger partial charge in [0.05, 0.1) is 23.2 Å². The van der Waals surface area contributed by atoms with Crippen LogP contribution in [0.1, 0.15) is 40.9 Å². The van der Waals surface area contributed by atoms with Crippen molar-refractivity contribution in [3.05, 3.63) is 52.0 Å². The Morgan fingerprint density at radius 1 is 1.18 bits per heavy atom. The summed E-state index contributed by atoms with van der Waals surface area (Å²) < 4.78 is 5.42. The lowest BCUT2D eigenvalue weighted by molar-refractivity contribution is -0.156. The van der Waals surface area contributed by atoms with E-state index in [1.165, 1.54) is 34.1 Å². The standard InChI is InChI=1S/C25H28BClN4O9/c1-2-30-6-7-31(24(36)23(30)35)12-28-17(14-8-16(27)21(34)18(32)9-14)11-20(33)29-19-10-13-4-3-5-15(25(37)38)22(13)40-26(19)39/h3-5,8-9,17,19,28,32,34,39H,2,6-7,10-12H2,1H3,(H,29,33)(H,37,38)/t17?,19-/m0/s1. The summed E-state index contributed by atoms with van der Waals surface area (Å²) in [6.07, 6.45) is -0.158. The van der Waals surface area contributed by atoms with Crippen molar-refractivity contribution in [3.8, 4) is 17.2 Å². The number of para-hydroxylation sites is 1. The lowest BCUT2D eigenvalue weighted by Gasteiger charge is -2.34. The average Bonchev–Trinajstić information content (AvgIpc) is 2.91. The van der Waals surface area contributed by atoms with Gasteiger partial charge in [0.2, 0.25) is 5.91 Å². The Labute approximate surface area is 234 Å². The predicted octanol–water partition coefficient (Wildman–Crippen LogP) is 0.258. The van der Waals surface area contributed by atoms with E-state index in [4.69, 9.17) is 16.3 Å². The summed E-state index contributed by atoms with van der Waals surface area (Å²) in [6.45, 7) is 2.70. The number of aromatic hydroxyl groups is 2. The molecule has 2 aromatic carbocycles. The van der Waals surface area contributed by atoms with Crippen molar-refractivity contribution in [2.45, 2.75) is 31.7 Å². The first-order chi connectivity index (χ1) is 19.0. The number of nitrogens with zero attached hydrogens (tertiary/aromatic N) is 2. The molecule has 0 bridgehead atoms. The van der Waals surface area contributed by atoms with Crippen LogP contribution in [0, 0.1) is 0 Å². The van der Waals surface area contributed by atoms with Gasteiger partial charge in [0, 0.05) is 32.1 Å². The van der Waals surface area contributed by atoms with Gasteiger partial charge in [-0.05, 0) is 42.7 Å². The van der Waals surface area contributed by atoms with Crippen molar-refractivity contribution in [1.82, 2.24) is 20.4 Å². The molecule has 1 fully saturated rings. The SMILES string of the molecule is CCN1CCN(CNC(CC(=O)N[C@H]2Cc3cccc(C(=O)O)c3OB2O)c2cc(O)c(O)c(Cl)c2)C(=O)C1=O. The van der Waals surface area contributed by atoms with Crippen molar-refractivity contribution < 1.29 is 44.2 Å². The van der Waals surface area contributed by atoms with Crippen LogP contribution in [0.4, 0.5) is 0 Å². The molecule has 1 saturated heterocycles. The van der Waals surface area contributed by atoms with Crippen LogP contribution in [0.15, 0.2) is 30.3 Å². The molecule has 2 atom stereocenters. The monoisotopic (exact) mass is 574 g/mol. The number of aromatic carboxylic acids is 1. The van der Waals surface area contributed by atoms with E-state index in [1.54, 1.807) is 13.0 Å². The number of carbonyl (C=O) groups excluding carboxylic acids is 3. The number of halogens is 1. The van der Waals surface area contributed by atoms with E-state index in [0.29, 0.717) is 24.2 Å². The molecular formula is C25H28BClN4O9. The Bertz CT molecular complexity index is 1320. The number of phenolic OH excluding ortho intramolecular Hbond substituents is 2. The van der Waals surface area contributed by atoms with Crippen LogP contribution in [0.2, 0.25) is 5.02 Å². The Morgan fingerprint density at radius 2 is 1.88 bits per heavy atom. The summed E-state index contributed by atoms with van der Waals surface area (Å²) in [6, 6.07) is 6.25. The van der Waals surface area contributed by atoms with Gasteiger partial charge in [-0.2, -0.15) is 0 Å². The van der Waals surface area contributed by atoms with E-state index < -0.39 is 54.3 Å². The number of carboxylic acids is 1. The molecule has 0 aliphatic carbocycles. The van der Waals surface area contributed by atoms with E-state index >= 15 is 0 Å². The second-order valence-electron chi connectivity index (χ2n) is 9.43. The van der Waals surface area contributed by atoms with Crippen LogP contribution in [-0.2, 0) is 20.8 Å². The summed E-state index contributed by atoms with van der Waals surface area (Å²) in [7, 11) is -1.52. The fraction of sp³-hybridized carbons (Fsp3) is 0.360. The molecule has 0 radical (unpaired) electrons. The van der Waals surface area contributed by atoms with Crippen molar-refractivity contribution >= 4 is 42.4 Å². The normalized spacial score (nSPS) is 17.8. The molecule has 6 N–H and O–H groups in total. The number of amides is 3. The van der Waals surface area contributed by atoms with Crippen molar-refractivity contribution in [2.75, 3.05) is 26.3 Å². The third kappa shape index (κ3) is 6.08. The Hall–Kier alpha value is -4.01. The second-order valence-corrected chi connectivity index (χ2v) is 9.84. The number of benzene rings is 2. The third-order valence-corrected chi connectivity index (χ3v) is 7.15. The Kier molecular flexibility index (Phi) is 8.71. The van der Waals surface area contributed by atoms with Gasteiger partial charge in [-0.1, -0.05) is 23.7 Å². The van der Waals surface area contributed by atoms with Gasteiger partial charge in [-0.15, -0.1) is 0 Å². The highest BCUT2D eigenvalue weighted by Gasteiger charge is 2.38. The van der Waals surface area contributed by atoms with Crippen molar-refractivity contribution in [1.29, 1.82) is 0 Å². The molecule has 15 heteroatoms. The Morgan fingerprint density at radius 3 is 2.55 bits per heavy atom. The number of carbonyl (C=O) groups is 4. The number of carboxylic acid groups (broad SMARTS) is 1. The highest BCUT2D eigenvalue weighted by molar-refractivity contribution is 6.47. The number of phenols is 2. The highest BCUT2D eigenvalue weighted by Crippen LogP contribution is 2.36. The van der Waals surface area contributed by atoms with Gasteiger partial charge in [0.15, 0.2) is 11.5 Å². The van der Waals surface area contributed by atoms with E-state index in [-0.39, 0.29) is 42.4 Å². The van der Waals surface area contributed by atoms with E-state index in [1.807, 2.05) is 0 Å². The molecule has 2 heterocycles. The third-order valence-electron chi connectivity index (χ3n) is 6.86. The van der Waals surface area contributed by atoms with Crippen molar-refractivity contribution in [2.24, 2.45) is 0 Å². The van der Waals surface area contributed by atoms with Gasteiger partial charge in [0.25, 0.3) is 0 Å². The fourth-order valence-corrected chi connectivity index (χ4v) is 4.89. The Balaban J connectivity index is 1.49. The molecule has 0 saturated carbocycles. The second kappa shape index (κ2) is 12.0. The van der Waals surface area contributed by atoms with Crippen LogP contribution in [-0.4, -0.2) is 93.2 Å². The molecule has 2 aromatic rings. The maximum Gasteiger partial charge on any atom is 0.547 e. The zero-order chi connectivity index (χ0) is 29.1. The first kappa shape index (κ1) is 29.0. The zero-order valence-corrected chi connectivity index (χ0v) is 22.2. The van der Waals surface area contributed by atoms with Gasteiger partial charge in [-0.3, -0.25) is 19.7 Å². The molecule has 0 spiro atoms. The highest BCUT2D eigenvalue weighted by atomic mass is 35.5. The minimum absolute atomic E-state index is 0.0316. The molecule has 1 unspecified atom stereocenters. The molecule has 2 aliphatic heterocycles. The van der Waals surface area contributed by atoms with Crippen LogP contribution in [0.3, 0.4) is 0 Å². The predicted molar refractivity (Wildman–Crippen MR) is 142 cm³/mol. The number of hydrogen-bond acceptors (Lipinski definition) is 9. The molecule has 40 heavy (non-hydrogen) atoms. The van der Waals surface area contributed by atoms with Crippen LogP contribution < -0.4 is 15.3 Å². The molecule has 13 nitrogen and oxygen atoms in total. The maximum absolute atomic E-state index is 13.1. The number of nitrogens with one attached hydrogen (secondary N) is 2. The zero-order valence-electron chi connectivity index (χ0n) is 21.5. The summed E-state index contributed by atoms with van der Waals surface area (Å²) in [5.74, 6) is -5.01. The number of hydrogen-bond donors (Lipinski definition) is 6. The van der Waals surface area contributed by atoms with Gasteiger partial charge >= 0.3 is 24.9 Å². The lowest BCUT2D eigenvalue weighted by atomic mass is 9.72. The largest absolute Gasteiger partial charge is 0.547 e.